The number of carbonyl (C=O) groups is 1. The van der Waals surface area contributed by atoms with Crippen LogP contribution in [-0.2, 0) is 6.61 Å². The highest BCUT2D eigenvalue weighted by Gasteiger charge is 2.37. The number of hydrazone groups is 1. The largest absolute Gasteiger partial charge is 0.488 e. The van der Waals surface area contributed by atoms with Crippen molar-refractivity contribution in [1.29, 1.82) is 10.5 Å². The lowest BCUT2D eigenvalue weighted by atomic mass is 9.95. The molecular weight excluding hydrogens is 569 g/mol. The number of rotatable bonds is 7. The standard InChI is InChI=1S/C27H20IN5O3/c28-23-13-18(8-11-24(23)36-16-17-6-9-19(10-7-17)27(34)35)12-20(14-29)25-22(15-30)26(31)33(32-25)21-4-2-1-3-5-21/h1-13,22,26H,16,31H2,(H,34,35)/b20-12-/t22-,26+/m1/s1. The van der Waals surface area contributed by atoms with Gasteiger partial charge in [0.25, 0.3) is 0 Å². The first-order valence-corrected chi connectivity index (χ1v) is 11.9. The zero-order valence-corrected chi connectivity index (χ0v) is 21.0. The van der Waals surface area contributed by atoms with E-state index in [1.54, 1.807) is 29.3 Å². The van der Waals surface area contributed by atoms with Crippen LogP contribution >= 0.6 is 22.6 Å². The van der Waals surface area contributed by atoms with E-state index in [0.717, 1.165) is 20.4 Å². The topological polar surface area (TPSA) is 136 Å². The maximum atomic E-state index is 11.0. The van der Waals surface area contributed by atoms with Crippen LogP contribution in [0.1, 0.15) is 21.5 Å². The third-order valence-electron chi connectivity index (χ3n) is 5.55. The van der Waals surface area contributed by atoms with E-state index in [1.807, 2.05) is 42.5 Å². The summed E-state index contributed by atoms with van der Waals surface area (Å²) in [7, 11) is 0. The Morgan fingerprint density at radius 1 is 1.14 bits per heavy atom. The fourth-order valence-corrected chi connectivity index (χ4v) is 4.37. The van der Waals surface area contributed by atoms with E-state index in [1.165, 1.54) is 12.1 Å². The van der Waals surface area contributed by atoms with Crippen LogP contribution in [0.5, 0.6) is 5.75 Å². The van der Waals surface area contributed by atoms with E-state index in [2.05, 4.69) is 39.8 Å². The summed E-state index contributed by atoms with van der Waals surface area (Å²) in [5, 5.41) is 34.7. The van der Waals surface area contributed by atoms with Crippen molar-refractivity contribution >= 4 is 46.0 Å². The van der Waals surface area contributed by atoms with Gasteiger partial charge in [-0.1, -0.05) is 36.4 Å². The van der Waals surface area contributed by atoms with Gasteiger partial charge >= 0.3 is 5.97 Å². The molecule has 1 aliphatic heterocycles. The van der Waals surface area contributed by atoms with Gasteiger partial charge in [0.05, 0.1) is 32.2 Å². The summed E-state index contributed by atoms with van der Waals surface area (Å²) in [5.41, 5.74) is 9.44. The van der Waals surface area contributed by atoms with Gasteiger partial charge in [-0.3, -0.25) is 0 Å². The molecule has 1 aliphatic rings. The normalized spacial score (nSPS) is 17.2. The first-order chi connectivity index (χ1) is 17.4. The van der Waals surface area contributed by atoms with E-state index in [9.17, 15) is 15.3 Å². The van der Waals surface area contributed by atoms with Gasteiger partial charge in [-0.2, -0.15) is 15.6 Å². The Bertz CT molecular complexity index is 1420. The molecule has 0 unspecified atom stereocenters. The molecular formula is C27H20IN5O3. The Labute approximate surface area is 221 Å². The molecule has 36 heavy (non-hydrogen) atoms. The highest BCUT2D eigenvalue weighted by atomic mass is 127. The number of para-hydroxylation sites is 1. The first kappa shape index (κ1) is 24.9. The molecule has 178 valence electrons. The smallest absolute Gasteiger partial charge is 0.335 e. The van der Waals surface area contributed by atoms with Crippen molar-refractivity contribution in [2.75, 3.05) is 5.01 Å². The average molecular weight is 589 g/mol. The minimum absolute atomic E-state index is 0.219. The lowest BCUT2D eigenvalue weighted by Crippen LogP contribution is -2.40. The van der Waals surface area contributed by atoms with Crippen LogP contribution in [0.3, 0.4) is 0 Å². The van der Waals surface area contributed by atoms with Crippen LogP contribution in [0.4, 0.5) is 5.69 Å². The molecule has 0 bridgehead atoms. The number of anilines is 1. The maximum Gasteiger partial charge on any atom is 0.335 e. The number of carboxylic acid groups (broad SMARTS) is 1. The highest BCUT2D eigenvalue weighted by molar-refractivity contribution is 14.1. The van der Waals surface area contributed by atoms with Gasteiger partial charge in [-0.15, -0.1) is 0 Å². The van der Waals surface area contributed by atoms with Gasteiger partial charge in [0, 0.05) is 0 Å². The van der Waals surface area contributed by atoms with Gasteiger partial charge in [0.2, 0.25) is 0 Å². The molecule has 8 nitrogen and oxygen atoms in total. The van der Waals surface area contributed by atoms with Crippen LogP contribution in [0.15, 0.2) is 83.5 Å². The van der Waals surface area contributed by atoms with Crippen molar-refractivity contribution in [1.82, 2.24) is 0 Å². The predicted octanol–water partition coefficient (Wildman–Crippen LogP) is 4.78. The highest BCUT2D eigenvalue weighted by Crippen LogP contribution is 2.30. The Hall–Kier alpha value is -4.19. The minimum Gasteiger partial charge on any atom is -0.488 e. The molecule has 0 spiro atoms. The number of nitrogens with two attached hydrogens (primary N) is 1. The summed E-state index contributed by atoms with van der Waals surface area (Å²) in [6.45, 7) is 0.280. The second-order valence-corrected chi connectivity index (χ2v) is 9.08. The Kier molecular flexibility index (Phi) is 7.64. The third-order valence-corrected chi connectivity index (χ3v) is 6.40. The van der Waals surface area contributed by atoms with Crippen LogP contribution in [0.2, 0.25) is 0 Å². The molecule has 0 aromatic heterocycles. The lowest BCUT2D eigenvalue weighted by molar-refractivity contribution is 0.0697. The van der Waals surface area contributed by atoms with E-state index < -0.39 is 18.1 Å². The number of allylic oxidation sites excluding steroid dienone is 1. The van der Waals surface area contributed by atoms with E-state index in [0.29, 0.717) is 11.5 Å². The van der Waals surface area contributed by atoms with Gasteiger partial charge < -0.3 is 15.6 Å². The average Bonchev–Trinajstić information content (AvgIpc) is 3.23. The zero-order chi connectivity index (χ0) is 25.7. The van der Waals surface area contributed by atoms with Crippen LogP contribution in [-0.4, -0.2) is 23.0 Å². The molecule has 9 heteroatoms. The molecule has 3 aromatic rings. The number of ether oxygens (including phenoxy) is 1. The number of hydrogen-bond donors (Lipinski definition) is 2. The summed E-state index contributed by atoms with van der Waals surface area (Å²) < 4.78 is 6.72. The second-order valence-electron chi connectivity index (χ2n) is 7.91. The van der Waals surface area contributed by atoms with Crippen molar-refractivity contribution in [2.24, 2.45) is 16.8 Å². The SMILES string of the molecule is N#C/C(=C/c1ccc(OCc2ccc(C(=O)O)cc2)c(I)c1)C1=NN(c2ccccc2)[C@H](N)[C@@H]1C#N. The molecule has 0 radical (unpaired) electrons. The van der Waals surface area contributed by atoms with E-state index in [4.69, 9.17) is 15.6 Å². The summed E-state index contributed by atoms with van der Waals surface area (Å²) in [6, 6.07) is 25.6. The van der Waals surface area contributed by atoms with Gasteiger partial charge in [-0.25, -0.2) is 9.80 Å². The summed E-state index contributed by atoms with van der Waals surface area (Å²) in [5.74, 6) is -1.08. The quantitative estimate of drug-likeness (QED) is 0.299. The zero-order valence-electron chi connectivity index (χ0n) is 18.9. The predicted molar refractivity (Wildman–Crippen MR) is 144 cm³/mol. The lowest BCUT2D eigenvalue weighted by Gasteiger charge is -2.21. The summed E-state index contributed by atoms with van der Waals surface area (Å²) in [6.07, 6.45) is 0.977. The summed E-state index contributed by atoms with van der Waals surface area (Å²) >= 11 is 2.15. The number of nitriles is 2. The number of benzene rings is 3. The number of halogens is 1. The van der Waals surface area contributed by atoms with Crippen molar-refractivity contribution in [3.05, 3.63) is 98.6 Å². The van der Waals surface area contributed by atoms with E-state index >= 15 is 0 Å². The molecule has 0 fully saturated rings. The molecule has 3 N–H and O–H groups in total. The Morgan fingerprint density at radius 2 is 1.86 bits per heavy atom. The fraction of sp³-hybridized carbons (Fsp3) is 0.111. The molecule has 1 heterocycles. The van der Waals surface area contributed by atoms with Crippen molar-refractivity contribution in [2.45, 2.75) is 12.8 Å². The molecule has 0 saturated carbocycles. The molecule has 3 aromatic carbocycles. The van der Waals surface area contributed by atoms with Crippen molar-refractivity contribution in [3.8, 4) is 17.9 Å². The van der Waals surface area contributed by atoms with Gasteiger partial charge in [0.1, 0.15) is 30.5 Å². The maximum absolute atomic E-state index is 11.0. The first-order valence-electron chi connectivity index (χ1n) is 10.9. The Morgan fingerprint density at radius 3 is 2.47 bits per heavy atom. The number of carboxylic acids is 1. The van der Waals surface area contributed by atoms with Crippen LogP contribution < -0.4 is 15.5 Å². The van der Waals surface area contributed by atoms with Crippen molar-refractivity contribution < 1.29 is 14.6 Å². The third kappa shape index (κ3) is 5.38. The summed E-state index contributed by atoms with van der Waals surface area (Å²) in [4.78, 5) is 11.0. The van der Waals surface area contributed by atoms with Crippen LogP contribution in [0.25, 0.3) is 6.08 Å². The minimum atomic E-state index is -0.975. The fourth-order valence-electron chi connectivity index (χ4n) is 3.68. The van der Waals surface area contributed by atoms with Gasteiger partial charge in [-0.05, 0) is 76.2 Å². The van der Waals surface area contributed by atoms with Gasteiger partial charge in [0.15, 0.2) is 0 Å². The molecule has 2 atom stereocenters. The Balaban J connectivity index is 1.54. The number of nitrogens with zero attached hydrogens (tertiary/aromatic N) is 4. The molecule has 0 aliphatic carbocycles. The van der Waals surface area contributed by atoms with Crippen molar-refractivity contribution in [3.63, 3.8) is 0 Å². The van der Waals surface area contributed by atoms with Crippen LogP contribution in [0, 0.1) is 32.2 Å². The molecule has 0 amide bonds. The molecule has 4 rings (SSSR count). The second kappa shape index (κ2) is 11.0. The monoisotopic (exact) mass is 589 g/mol. The van der Waals surface area contributed by atoms with E-state index in [-0.39, 0.29) is 17.7 Å². The number of hydrogen-bond acceptors (Lipinski definition) is 7. The molecule has 0 saturated heterocycles. The number of aromatic carboxylic acids is 1.